The van der Waals surface area contributed by atoms with E-state index in [1.54, 1.807) is 0 Å². The highest BCUT2D eigenvalue weighted by Crippen LogP contribution is 2.42. The van der Waals surface area contributed by atoms with Crippen LogP contribution in [-0.4, -0.2) is 31.4 Å². The van der Waals surface area contributed by atoms with Gasteiger partial charge >= 0.3 is 5.97 Å². The van der Waals surface area contributed by atoms with Gasteiger partial charge in [-0.15, -0.1) is 11.8 Å². The predicted octanol–water partition coefficient (Wildman–Crippen LogP) is 2.76. The normalized spacial score (nSPS) is 23.5. The average Bonchev–Trinajstić information content (AvgIpc) is 2.90. The second-order valence-corrected chi connectivity index (χ2v) is 6.45. The fourth-order valence-corrected chi connectivity index (χ4v) is 3.92. The molecule has 1 aromatic heterocycles. The minimum absolute atomic E-state index is 0.459. The number of hydrogen-bond donors (Lipinski definition) is 1. The van der Waals surface area contributed by atoms with Crippen molar-refractivity contribution < 1.29 is 9.90 Å². The zero-order valence-corrected chi connectivity index (χ0v) is 12.1. The molecule has 0 spiro atoms. The molecule has 1 atom stereocenters. The largest absolute Gasteiger partial charge is 0.480 e. The van der Waals surface area contributed by atoms with Gasteiger partial charge < -0.3 is 5.11 Å². The lowest BCUT2D eigenvalue weighted by molar-refractivity contribution is -0.139. The van der Waals surface area contributed by atoms with Crippen LogP contribution in [0.15, 0.2) is 0 Å². The summed E-state index contributed by atoms with van der Waals surface area (Å²) in [4.78, 5) is 11.6. The summed E-state index contributed by atoms with van der Waals surface area (Å²) >= 11 is 7.78. The lowest BCUT2D eigenvalue weighted by atomic mass is 9.97. The molecule has 4 nitrogen and oxygen atoms in total. The molecule has 18 heavy (non-hydrogen) atoms. The van der Waals surface area contributed by atoms with Crippen LogP contribution < -0.4 is 0 Å². The number of thioether (sulfide) groups is 1. The molecule has 1 aliphatic rings. The molecule has 0 amide bonds. The maximum absolute atomic E-state index is 11.6. The van der Waals surface area contributed by atoms with E-state index in [0.29, 0.717) is 24.4 Å². The summed E-state index contributed by atoms with van der Waals surface area (Å²) in [5, 5.41) is 14.5. The van der Waals surface area contributed by atoms with E-state index in [-0.39, 0.29) is 0 Å². The molecule has 1 N–H and O–H groups in total. The van der Waals surface area contributed by atoms with Crippen LogP contribution in [0.5, 0.6) is 0 Å². The lowest BCUT2D eigenvalue weighted by Gasteiger charge is -2.23. The Labute approximate surface area is 116 Å². The van der Waals surface area contributed by atoms with E-state index in [2.05, 4.69) is 5.10 Å². The summed E-state index contributed by atoms with van der Waals surface area (Å²) in [5.41, 5.74) is 1.63. The van der Waals surface area contributed by atoms with Crippen LogP contribution in [0.3, 0.4) is 0 Å². The first-order valence-corrected chi connectivity index (χ1v) is 7.45. The van der Waals surface area contributed by atoms with Crippen LogP contribution in [0, 0.1) is 6.92 Å². The number of aromatic nitrogens is 2. The van der Waals surface area contributed by atoms with Gasteiger partial charge in [0.05, 0.1) is 16.4 Å². The Bertz CT molecular complexity index is 467. The third-order valence-corrected chi connectivity index (χ3v) is 5.46. The Morgan fingerprint density at radius 1 is 1.67 bits per heavy atom. The van der Waals surface area contributed by atoms with Crippen LogP contribution in [0.1, 0.15) is 31.2 Å². The monoisotopic (exact) mass is 288 g/mol. The van der Waals surface area contributed by atoms with Crippen molar-refractivity contribution in [2.75, 3.05) is 5.75 Å². The molecule has 1 fully saturated rings. The minimum atomic E-state index is -0.734. The molecule has 0 aromatic carbocycles. The number of carboxylic acids is 1. The average molecular weight is 289 g/mol. The van der Waals surface area contributed by atoms with Crippen LogP contribution >= 0.6 is 23.4 Å². The summed E-state index contributed by atoms with van der Waals surface area (Å²) in [5.74, 6) is 0.172. The molecule has 0 aliphatic carbocycles. The minimum Gasteiger partial charge on any atom is -0.480 e. The summed E-state index contributed by atoms with van der Waals surface area (Å²) < 4.78 is 1.10. The molecule has 1 aliphatic heterocycles. The quantitative estimate of drug-likeness (QED) is 0.925. The fraction of sp³-hybridized carbons (Fsp3) is 0.667. The van der Waals surface area contributed by atoms with E-state index < -0.39 is 10.7 Å². The van der Waals surface area contributed by atoms with Crippen molar-refractivity contribution >= 4 is 29.3 Å². The van der Waals surface area contributed by atoms with Crippen molar-refractivity contribution in [3.63, 3.8) is 0 Å². The van der Waals surface area contributed by atoms with Crippen LogP contribution in [0.25, 0.3) is 0 Å². The molecule has 1 unspecified atom stereocenters. The van der Waals surface area contributed by atoms with E-state index >= 15 is 0 Å². The second kappa shape index (κ2) is 5.13. The van der Waals surface area contributed by atoms with E-state index in [1.165, 1.54) is 11.8 Å². The summed E-state index contributed by atoms with van der Waals surface area (Å²) in [7, 11) is 0. The molecule has 2 heterocycles. The number of rotatable bonds is 4. The highest BCUT2D eigenvalue weighted by Gasteiger charge is 2.43. The third-order valence-electron chi connectivity index (χ3n) is 3.40. The standard InChI is InChI=1S/C12H17ClN2O2S/c1-3-15-9(10(13)8(2)14-15)7-12(11(16)17)5-4-6-18-12/h3-7H2,1-2H3,(H,16,17). The summed E-state index contributed by atoms with van der Waals surface area (Å²) in [6.45, 7) is 4.55. The van der Waals surface area contributed by atoms with Crippen LogP contribution in [0.2, 0.25) is 5.02 Å². The van der Waals surface area contributed by atoms with Gasteiger partial charge in [-0.05, 0) is 32.4 Å². The first-order chi connectivity index (χ1) is 8.50. The van der Waals surface area contributed by atoms with E-state index in [4.69, 9.17) is 11.6 Å². The molecular weight excluding hydrogens is 272 g/mol. The van der Waals surface area contributed by atoms with Gasteiger partial charge in [0.25, 0.3) is 0 Å². The zero-order chi connectivity index (χ0) is 13.3. The van der Waals surface area contributed by atoms with Crippen LogP contribution in [-0.2, 0) is 17.8 Å². The van der Waals surface area contributed by atoms with Gasteiger partial charge in [-0.25, -0.2) is 0 Å². The molecule has 100 valence electrons. The Balaban J connectivity index is 2.35. The van der Waals surface area contributed by atoms with Gasteiger partial charge in [-0.1, -0.05) is 11.6 Å². The van der Waals surface area contributed by atoms with Crippen molar-refractivity contribution in [1.29, 1.82) is 0 Å². The topological polar surface area (TPSA) is 55.1 Å². The Morgan fingerprint density at radius 2 is 2.39 bits per heavy atom. The highest BCUT2D eigenvalue weighted by atomic mass is 35.5. The first kappa shape index (κ1) is 13.7. The molecule has 1 aromatic rings. The first-order valence-electron chi connectivity index (χ1n) is 6.09. The molecular formula is C12H17ClN2O2S. The van der Waals surface area contributed by atoms with Crippen molar-refractivity contribution in [1.82, 2.24) is 9.78 Å². The van der Waals surface area contributed by atoms with Gasteiger partial charge in [0.2, 0.25) is 0 Å². The molecule has 0 saturated carbocycles. The number of halogens is 1. The number of aryl methyl sites for hydroxylation is 2. The van der Waals surface area contributed by atoms with Gasteiger partial charge in [0, 0.05) is 13.0 Å². The highest BCUT2D eigenvalue weighted by molar-refractivity contribution is 8.01. The van der Waals surface area contributed by atoms with Crippen molar-refractivity contribution in [2.45, 2.75) is 44.4 Å². The molecule has 0 bridgehead atoms. The number of nitrogens with zero attached hydrogens (tertiary/aromatic N) is 2. The van der Waals surface area contributed by atoms with Gasteiger partial charge in [0.1, 0.15) is 4.75 Å². The SMILES string of the molecule is CCn1nc(C)c(Cl)c1CC1(C(=O)O)CCCS1. The fourth-order valence-electron chi connectivity index (χ4n) is 2.39. The molecule has 1 saturated heterocycles. The second-order valence-electron chi connectivity index (χ2n) is 4.59. The smallest absolute Gasteiger partial charge is 0.320 e. The summed E-state index contributed by atoms with van der Waals surface area (Å²) in [6.07, 6.45) is 2.12. The maximum Gasteiger partial charge on any atom is 0.320 e. The van der Waals surface area contributed by atoms with Gasteiger partial charge in [-0.3, -0.25) is 9.48 Å². The van der Waals surface area contributed by atoms with Crippen molar-refractivity contribution in [3.05, 3.63) is 16.4 Å². The molecule has 2 rings (SSSR count). The number of aliphatic carboxylic acids is 1. The number of carbonyl (C=O) groups is 1. The van der Waals surface area contributed by atoms with E-state index in [1.807, 2.05) is 18.5 Å². The van der Waals surface area contributed by atoms with E-state index in [9.17, 15) is 9.90 Å². The number of carboxylic acid groups (broad SMARTS) is 1. The van der Waals surface area contributed by atoms with Gasteiger partial charge in [0.15, 0.2) is 0 Å². The Hall–Kier alpha value is -0.680. The van der Waals surface area contributed by atoms with E-state index in [0.717, 1.165) is 23.6 Å². The maximum atomic E-state index is 11.6. The zero-order valence-electron chi connectivity index (χ0n) is 10.6. The van der Waals surface area contributed by atoms with Crippen molar-refractivity contribution in [3.8, 4) is 0 Å². The van der Waals surface area contributed by atoms with Crippen LogP contribution in [0.4, 0.5) is 0 Å². The Kier molecular flexibility index (Phi) is 3.92. The predicted molar refractivity (Wildman–Crippen MR) is 73.4 cm³/mol. The summed E-state index contributed by atoms with van der Waals surface area (Å²) in [6, 6.07) is 0. The Morgan fingerprint density at radius 3 is 2.89 bits per heavy atom. The number of hydrogen-bond acceptors (Lipinski definition) is 3. The molecule has 6 heteroatoms. The van der Waals surface area contributed by atoms with Crippen molar-refractivity contribution in [2.24, 2.45) is 0 Å². The lowest BCUT2D eigenvalue weighted by Crippen LogP contribution is -2.35. The third kappa shape index (κ3) is 2.26. The van der Waals surface area contributed by atoms with Gasteiger partial charge in [-0.2, -0.15) is 5.10 Å². The molecule has 0 radical (unpaired) electrons.